The Morgan fingerprint density at radius 2 is 1.93 bits per heavy atom. The summed E-state index contributed by atoms with van der Waals surface area (Å²) in [5, 5.41) is 4.42. The monoisotopic (exact) mass is 201 g/mol. The number of aryl methyl sites for hydroxylation is 3. The molecule has 2 aromatic heterocycles. The van der Waals surface area contributed by atoms with Crippen LogP contribution in [0.15, 0.2) is 24.5 Å². The van der Waals surface area contributed by atoms with Crippen LogP contribution >= 0.6 is 0 Å². The predicted molar refractivity (Wildman–Crippen MR) is 59.8 cm³/mol. The normalized spacial score (nSPS) is 10.6. The van der Waals surface area contributed by atoms with Gasteiger partial charge >= 0.3 is 0 Å². The van der Waals surface area contributed by atoms with Crippen molar-refractivity contribution in [2.45, 2.75) is 27.3 Å². The molecule has 2 heterocycles. The van der Waals surface area contributed by atoms with Crippen molar-refractivity contribution >= 4 is 0 Å². The lowest BCUT2D eigenvalue weighted by Gasteiger charge is -2.04. The molecule has 0 fully saturated rings. The smallest absolute Gasteiger partial charge is 0.0677 e. The maximum atomic E-state index is 4.42. The van der Waals surface area contributed by atoms with Gasteiger partial charge in [0.2, 0.25) is 0 Å². The molecule has 0 aromatic carbocycles. The lowest BCUT2D eigenvalue weighted by molar-refractivity contribution is 0.657. The highest BCUT2D eigenvalue weighted by Gasteiger charge is 2.02. The van der Waals surface area contributed by atoms with Crippen LogP contribution in [0.2, 0.25) is 0 Å². The van der Waals surface area contributed by atoms with Crippen LogP contribution < -0.4 is 0 Å². The number of hydrogen-bond acceptors (Lipinski definition) is 2. The van der Waals surface area contributed by atoms with Crippen molar-refractivity contribution in [3.8, 4) is 0 Å². The van der Waals surface area contributed by atoms with E-state index in [1.54, 1.807) is 0 Å². The number of pyridine rings is 1. The Morgan fingerprint density at radius 3 is 2.53 bits per heavy atom. The highest BCUT2D eigenvalue weighted by atomic mass is 15.3. The van der Waals surface area contributed by atoms with Crippen molar-refractivity contribution in [3.63, 3.8) is 0 Å². The number of hydrogen-bond donors (Lipinski definition) is 0. The zero-order valence-electron chi connectivity index (χ0n) is 9.36. The largest absolute Gasteiger partial charge is 0.265 e. The molecule has 0 aliphatic rings. The van der Waals surface area contributed by atoms with E-state index < -0.39 is 0 Å². The first-order valence-corrected chi connectivity index (χ1v) is 5.07. The molecule has 2 rings (SSSR count). The highest BCUT2D eigenvalue weighted by Crippen LogP contribution is 2.07. The van der Waals surface area contributed by atoms with Crippen molar-refractivity contribution in [2.75, 3.05) is 0 Å². The summed E-state index contributed by atoms with van der Waals surface area (Å²) >= 11 is 0. The minimum atomic E-state index is 0.800. The molecule has 3 heteroatoms. The first-order valence-electron chi connectivity index (χ1n) is 5.07. The van der Waals surface area contributed by atoms with Crippen molar-refractivity contribution in [1.82, 2.24) is 14.8 Å². The number of nitrogens with zero attached hydrogens (tertiary/aromatic N) is 3. The third-order valence-corrected chi connectivity index (χ3v) is 2.37. The van der Waals surface area contributed by atoms with E-state index in [4.69, 9.17) is 0 Å². The van der Waals surface area contributed by atoms with E-state index in [0.29, 0.717) is 0 Å². The molecule has 2 aromatic rings. The summed E-state index contributed by atoms with van der Waals surface area (Å²) in [4.78, 5) is 4.18. The minimum Gasteiger partial charge on any atom is -0.265 e. The van der Waals surface area contributed by atoms with Gasteiger partial charge in [0.05, 0.1) is 12.2 Å². The Hall–Kier alpha value is -1.64. The van der Waals surface area contributed by atoms with Crippen LogP contribution in [0, 0.1) is 20.8 Å². The maximum absolute atomic E-state index is 4.42. The van der Waals surface area contributed by atoms with Crippen LogP contribution in [-0.2, 0) is 6.54 Å². The molecule has 0 unspecified atom stereocenters. The third kappa shape index (κ3) is 2.24. The van der Waals surface area contributed by atoms with E-state index in [9.17, 15) is 0 Å². The maximum Gasteiger partial charge on any atom is 0.0677 e. The quantitative estimate of drug-likeness (QED) is 0.746. The van der Waals surface area contributed by atoms with Gasteiger partial charge in [-0.3, -0.25) is 9.67 Å². The van der Waals surface area contributed by atoms with Gasteiger partial charge in [0, 0.05) is 18.1 Å². The first-order chi connectivity index (χ1) is 7.15. The zero-order valence-corrected chi connectivity index (χ0v) is 9.36. The standard InChI is InChI=1S/C12H15N3/c1-9-4-12(7-13-6-9)8-15-11(3)5-10(2)14-15/h4-7H,8H2,1-3H3. The fourth-order valence-corrected chi connectivity index (χ4v) is 1.71. The molecule has 0 radical (unpaired) electrons. The summed E-state index contributed by atoms with van der Waals surface area (Å²) in [6.45, 7) is 6.94. The number of aromatic nitrogens is 3. The molecule has 0 bridgehead atoms. The SMILES string of the molecule is Cc1cncc(Cn2nc(C)cc2C)c1. The summed E-state index contributed by atoms with van der Waals surface area (Å²) in [5.41, 5.74) is 4.64. The van der Waals surface area contributed by atoms with Crippen LogP contribution in [0.3, 0.4) is 0 Å². The third-order valence-electron chi connectivity index (χ3n) is 2.37. The van der Waals surface area contributed by atoms with Gasteiger partial charge in [-0.15, -0.1) is 0 Å². The van der Waals surface area contributed by atoms with Crippen LogP contribution in [0.25, 0.3) is 0 Å². The molecule has 0 saturated carbocycles. The lowest BCUT2D eigenvalue weighted by Crippen LogP contribution is -2.04. The van der Waals surface area contributed by atoms with Crippen molar-refractivity contribution < 1.29 is 0 Å². The molecule has 3 nitrogen and oxygen atoms in total. The molecule has 78 valence electrons. The second-order valence-corrected chi connectivity index (χ2v) is 3.96. The van der Waals surface area contributed by atoms with Gasteiger partial charge in [0.1, 0.15) is 0 Å². The Kier molecular flexibility index (Phi) is 2.54. The Bertz CT molecular complexity index is 471. The average Bonchev–Trinajstić information content (AvgIpc) is 2.45. The molecule has 0 atom stereocenters. The van der Waals surface area contributed by atoms with Gasteiger partial charge in [-0.1, -0.05) is 6.07 Å². The van der Waals surface area contributed by atoms with Gasteiger partial charge < -0.3 is 0 Å². The lowest BCUT2D eigenvalue weighted by atomic mass is 10.2. The minimum absolute atomic E-state index is 0.800. The summed E-state index contributed by atoms with van der Waals surface area (Å²) in [6.07, 6.45) is 3.76. The van der Waals surface area contributed by atoms with E-state index >= 15 is 0 Å². The molecule has 0 spiro atoms. The molecular weight excluding hydrogens is 186 g/mol. The summed E-state index contributed by atoms with van der Waals surface area (Å²) < 4.78 is 2.01. The Morgan fingerprint density at radius 1 is 1.13 bits per heavy atom. The van der Waals surface area contributed by atoms with Gasteiger partial charge in [-0.25, -0.2) is 0 Å². The van der Waals surface area contributed by atoms with Crippen molar-refractivity contribution in [2.24, 2.45) is 0 Å². The average molecular weight is 201 g/mol. The van der Waals surface area contributed by atoms with E-state index in [2.05, 4.69) is 36.1 Å². The molecule has 0 aliphatic carbocycles. The first kappa shape index (κ1) is 9.90. The van der Waals surface area contributed by atoms with Crippen LogP contribution in [0.5, 0.6) is 0 Å². The second-order valence-electron chi connectivity index (χ2n) is 3.96. The fraction of sp³-hybridized carbons (Fsp3) is 0.333. The van der Waals surface area contributed by atoms with E-state index in [-0.39, 0.29) is 0 Å². The van der Waals surface area contributed by atoms with Crippen LogP contribution in [-0.4, -0.2) is 14.8 Å². The van der Waals surface area contributed by atoms with Crippen molar-refractivity contribution in [3.05, 3.63) is 47.0 Å². The summed E-state index contributed by atoms with van der Waals surface area (Å²) in [7, 11) is 0. The molecule has 0 aliphatic heterocycles. The van der Waals surface area contributed by atoms with Crippen molar-refractivity contribution in [1.29, 1.82) is 0 Å². The Balaban J connectivity index is 2.25. The Labute approximate surface area is 89.8 Å². The van der Waals surface area contributed by atoms with Crippen LogP contribution in [0.4, 0.5) is 0 Å². The summed E-state index contributed by atoms with van der Waals surface area (Å²) in [5.74, 6) is 0. The second kappa shape index (κ2) is 3.85. The van der Waals surface area contributed by atoms with Gasteiger partial charge in [-0.2, -0.15) is 5.10 Å². The van der Waals surface area contributed by atoms with E-state index in [0.717, 1.165) is 12.2 Å². The predicted octanol–water partition coefficient (Wildman–Crippen LogP) is 2.25. The number of rotatable bonds is 2. The van der Waals surface area contributed by atoms with Gasteiger partial charge in [-0.05, 0) is 38.0 Å². The van der Waals surface area contributed by atoms with Gasteiger partial charge in [0.15, 0.2) is 0 Å². The van der Waals surface area contributed by atoms with E-state index in [1.807, 2.05) is 24.0 Å². The zero-order chi connectivity index (χ0) is 10.8. The molecule has 0 amide bonds. The van der Waals surface area contributed by atoms with Crippen LogP contribution in [0.1, 0.15) is 22.5 Å². The molecule has 15 heavy (non-hydrogen) atoms. The fourth-order valence-electron chi connectivity index (χ4n) is 1.71. The molecule has 0 saturated heterocycles. The van der Waals surface area contributed by atoms with Gasteiger partial charge in [0.25, 0.3) is 0 Å². The van der Waals surface area contributed by atoms with E-state index in [1.165, 1.54) is 16.8 Å². The molecule has 0 N–H and O–H groups in total. The topological polar surface area (TPSA) is 30.7 Å². The highest BCUT2D eigenvalue weighted by molar-refractivity contribution is 5.18. The summed E-state index contributed by atoms with van der Waals surface area (Å²) in [6, 6.07) is 4.23. The molecular formula is C12H15N3.